The summed E-state index contributed by atoms with van der Waals surface area (Å²) in [5.41, 5.74) is 2.55. The summed E-state index contributed by atoms with van der Waals surface area (Å²) in [4.78, 5) is 26.8. The predicted octanol–water partition coefficient (Wildman–Crippen LogP) is 4.66. The molecule has 0 aliphatic carbocycles. The van der Waals surface area contributed by atoms with Crippen molar-refractivity contribution in [3.63, 3.8) is 0 Å². The molecule has 0 spiro atoms. The largest absolute Gasteiger partial charge is 0.491 e. The normalized spacial score (nSPS) is 14.6. The molecule has 0 aromatic heterocycles. The lowest BCUT2D eigenvalue weighted by Gasteiger charge is -2.31. The second-order valence-corrected chi connectivity index (χ2v) is 7.69. The molecular formula is C23H29N3O3. The van der Waals surface area contributed by atoms with E-state index in [2.05, 4.69) is 10.6 Å². The average molecular weight is 396 g/mol. The molecule has 2 aromatic carbocycles. The number of amides is 3. The van der Waals surface area contributed by atoms with E-state index in [4.69, 9.17) is 4.74 Å². The summed E-state index contributed by atoms with van der Waals surface area (Å²) < 4.78 is 5.69. The van der Waals surface area contributed by atoms with Gasteiger partial charge in [-0.05, 0) is 69.5 Å². The first-order valence-electron chi connectivity index (χ1n) is 10.1. The third kappa shape index (κ3) is 5.73. The highest BCUT2D eigenvalue weighted by Crippen LogP contribution is 2.25. The molecule has 3 amide bonds. The fraction of sp³-hybridized carbons (Fsp3) is 0.391. The van der Waals surface area contributed by atoms with Gasteiger partial charge in [-0.15, -0.1) is 0 Å². The van der Waals surface area contributed by atoms with Gasteiger partial charge in [0.15, 0.2) is 0 Å². The SMILES string of the molecule is Cc1cc(OC(C)C)ccc1NC(=O)C1CCN(C(=O)Nc2ccccc2)CC1. The summed E-state index contributed by atoms with van der Waals surface area (Å²) >= 11 is 0. The van der Waals surface area contributed by atoms with Crippen LogP contribution in [0.4, 0.5) is 16.2 Å². The molecule has 1 aliphatic rings. The van der Waals surface area contributed by atoms with Gasteiger partial charge < -0.3 is 20.3 Å². The lowest BCUT2D eigenvalue weighted by Crippen LogP contribution is -2.43. The molecule has 29 heavy (non-hydrogen) atoms. The fourth-order valence-corrected chi connectivity index (χ4v) is 3.43. The van der Waals surface area contributed by atoms with E-state index >= 15 is 0 Å². The molecule has 1 heterocycles. The number of para-hydroxylation sites is 1. The summed E-state index contributed by atoms with van der Waals surface area (Å²) in [6.07, 6.45) is 1.42. The van der Waals surface area contributed by atoms with Gasteiger partial charge in [-0.25, -0.2) is 4.79 Å². The van der Waals surface area contributed by atoms with E-state index in [9.17, 15) is 9.59 Å². The summed E-state index contributed by atoms with van der Waals surface area (Å²) in [7, 11) is 0. The topological polar surface area (TPSA) is 70.7 Å². The van der Waals surface area contributed by atoms with Crippen molar-refractivity contribution in [1.29, 1.82) is 0 Å². The van der Waals surface area contributed by atoms with Gasteiger partial charge in [0.1, 0.15) is 5.75 Å². The van der Waals surface area contributed by atoms with Crippen molar-refractivity contribution >= 4 is 23.3 Å². The number of anilines is 2. The van der Waals surface area contributed by atoms with Crippen LogP contribution in [0, 0.1) is 12.8 Å². The van der Waals surface area contributed by atoms with Crippen LogP contribution in [0.15, 0.2) is 48.5 Å². The average Bonchev–Trinajstić information content (AvgIpc) is 2.70. The third-order valence-electron chi connectivity index (χ3n) is 5.01. The maximum Gasteiger partial charge on any atom is 0.321 e. The smallest absolute Gasteiger partial charge is 0.321 e. The van der Waals surface area contributed by atoms with E-state index < -0.39 is 0 Å². The van der Waals surface area contributed by atoms with Gasteiger partial charge in [-0.2, -0.15) is 0 Å². The number of nitrogens with one attached hydrogen (secondary N) is 2. The summed E-state index contributed by atoms with van der Waals surface area (Å²) in [6.45, 7) is 7.06. The minimum absolute atomic E-state index is 0.00810. The van der Waals surface area contributed by atoms with Gasteiger partial charge in [0, 0.05) is 30.4 Å². The number of likely N-dealkylation sites (tertiary alicyclic amines) is 1. The highest BCUT2D eigenvalue weighted by atomic mass is 16.5. The number of benzene rings is 2. The van der Waals surface area contributed by atoms with Crippen LogP contribution in [0.2, 0.25) is 0 Å². The molecule has 0 unspecified atom stereocenters. The lowest BCUT2D eigenvalue weighted by molar-refractivity contribution is -0.121. The minimum Gasteiger partial charge on any atom is -0.491 e. The molecule has 0 atom stereocenters. The summed E-state index contributed by atoms with van der Waals surface area (Å²) in [5.74, 6) is 0.712. The van der Waals surface area contributed by atoms with Crippen molar-refractivity contribution in [2.75, 3.05) is 23.7 Å². The fourth-order valence-electron chi connectivity index (χ4n) is 3.43. The van der Waals surface area contributed by atoms with Crippen molar-refractivity contribution in [1.82, 2.24) is 4.90 Å². The number of ether oxygens (including phenoxy) is 1. The molecule has 1 aliphatic heterocycles. The number of carbonyl (C=O) groups excluding carboxylic acids is 2. The van der Waals surface area contributed by atoms with Gasteiger partial charge in [-0.1, -0.05) is 18.2 Å². The molecular weight excluding hydrogens is 366 g/mol. The molecule has 6 heteroatoms. The van der Waals surface area contributed by atoms with Crippen LogP contribution >= 0.6 is 0 Å². The Bertz CT molecular complexity index is 844. The molecule has 0 radical (unpaired) electrons. The number of carbonyl (C=O) groups is 2. The van der Waals surface area contributed by atoms with Crippen LogP contribution in [0.5, 0.6) is 5.75 Å². The first-order chi connectivity index (χ1) is 13.9. The zero-order valence-corrected chi connectivity index (χ0v) is 17.3. The number of urea groups is 1. The van der Waals surface area contributed by atoms with Crippen LogP contribution in [0.25, 0.3) is 0 Å². The van der Waals surface area contributed by atoms with E-state index in [1.807, 2.05) is 69.3 Å². The van der Waals surface area contributed by atoms with E-state index in [-0.39, 0.29) is 24.0 Å². The van der Waals surface area contributed by atoms with Crippen molar-refractivity contribution in [3.05, 3.63) is 54.1 Å². The molecule has 2 aromatic rings. The Hall–Kier alpha value is -3.02. The van der Waals surface area contributed by atoms with Crippen LogP contribution in [-0.2, 0) is 4.79 Å². The first kappa shape index (κ1) is 20.7. The Balaban J connectivity index is 1.50. The monoisotopic (exact) mass is 395 g/mol. The maximum absolute atomic E-state index is 12.7. The Morgan fingerprint density at radius 2 is 1.72 bits per heavy atom. The second-order valence-electron chi connectivity index (χ2n) is 7.69. The Morgan fingerprint density at radius 1 is 1.03 bits per heavy atom. The van der Waals surface area contributed by atoms with Gasteiger partial charge in [-0.3, -0.25) is 4.79 Å². The number of nitrogens with zero attached hydrogens (tertiary/aromatic N) is 1. The number of hydrogen-bond donors (Lipinski definition) is 2. The van der Waals surface area contributed by atoms with E-state index in [1.54, 1.807) is 4.90 Å². The summed E-state index contributed by atoms with van der Waals surface area (Å²) in [5, 5.41) is 5.93. The zero-order chi connectivity index (χ0) is 20.8. The van der Waals surface area contributed by atoms with Gasteiger partial charge in [0.05, 0.1) is 6.10 Å². The molecule has 1 saturated heterocycles. The maximum atomic E-state index is 12.7. The third-order valence-corrected chi connectivity index (χ3v) is 5.01. The van der Waals surface area contributed by atoms with Gasteiger partial charge in [0.2, 0.25) is 5.91 Å². The van der Waals surface area contributed by atoms with Gasteiger partial charge >= 0.3 is 6.03 Å². The van der Waals surface area contributed by atoms with Crippen molar-refractivity contribution in [3.8, 4) is 5.75 Å². The summed E-state index contributed by atoms with van der Waals surface area (Å²) in [6, 6.07) is 15.0. The Labute approximate surface area is 172 Å². The molecule has 3 rings (SSSR count). The number of hydrogen-bond acceptors (Lipinski definition) is 3. The van der Waals surface area contributed by atoms with Crippen molar-refractivity contribution in [2.24, 2.45) is 5.92 Å². The number of piperidine rings is 1. The Kier molecular flexibility index (Phi) is 6.75. The van der Waals surface area contributed by atoms with E-state index in [0.29, 0.717) is 25.9 Å². The minimum atomic E-state index is -0.119. The van der Waals surface area contributed by atoms with E-state index in [0.717, 1.165) is 22.7 Å². The van der Waals surface area contributed by atoms with E-state index in [1.165, 1.54) is 0 Å². The molecule has 154 valence electrons. The molecule has 6 nitrogen and oxygen atoms in total. The molecule has 0 saturated carbocycles. The van der Waals surface area contributed by atoms with Gasteiger partial charge in [0.25, 0.3) is 0 Å². The lowest BCUT2D eigenvalue weighted by atomic mass is 9.96. The molecule has 0 bridgehead atoms. The van der Waals surface area contributed by atoms with Crippen LogP contribution in [0.1, 0.15) is 32.3 Å². The van der Waals surface area contributed by atoms with Crippen molar-refractivity contribution < 1.29 is 14.3 Å². The second kappa shape index (κ2) is 9.45. The number of aryl methyl sites for hydroxylation is 1. The Morgan fingerprint density at radius 3 is 2.34 bits per heavy atom. The van der Waals surface area contributed by atoms with Crippen LogP contribution < -0.4 is 15.4 Å². The standard InChI is InChI=1S/C23H29N3O3/c1-16(2)29-20-9-10-21(17(3)15-20)25-22(27)18-11-13-26(14-12-18)23(28)24-19-7-5-4-6-8-19/h4-10,15-16,18H,11-14H2,1-3H3,(H,24,28)(H,25,27). The quantitative estimate of drug-likeness (QED) is 0.773. The zero-order valence-electron chi connectivity index (χ0n) is 17.3. The highest BCUT2D eigenvalue weighted by molar-refractivity contribution is 5.94. The van der Waals surface area contributed by atoms with Crippen LogP contribution in [0.3, 0.4) is 0 Å². The first-order valence-corrected chi connectivity index (χ1v) is 10.1. The van der Waals surface area contributed by atoms with Crippen LogP contribution in [-0.4, -0.2) is 36.0 Å². The highest BCUT2D eigenvalue weighted by Gasteiger charge is 2.27. The van der Waals surface area contributed by atoms with Crippen molar-refractivity contribution in [2.45, 2.75) is 39.7 Å². The number of rotatable bonds is 5. The molecule has 1 fully saturated rings. The molecule has 2 N–H and O–H groups in total. The predicted molar refractivity (Wildman–Crippen MR) is 115 cm³/mol.